The zero-order valence-corrected chi connectivity index (χ0v) is 20.4. The Hall–Kier alpha value is -2.09. The third kappa shape index (κ3) is 6.03. The van der Waals surface area contributed by atoms with Gasteiger partial charge in [-0.2, -0.15) is 4.72 Å². The van der Waals surface area contributed by atoms with E-state index in [9.17, 15) is 13.2 Å². The van der Waals surface area contributed by atoms with Crippen molar-refractivity contribution in [2.24, 2.45) is 5.92 Å². The molecule has 0 saturated carbocycles. The third-order valence-electron chi connectivity index (χ3n) is 5.96. The lowest BCUT2D eigenvalue weighted by atomic mass is 9.98. The fourth-order valence-corrected chi connectivity index (χ4v) is 5.64. The van der Waals surface area contributed by atoms with Crippen molar-refractivity contribution in [3.63, 3.8) is 0 Å². The summed E-state index contributed by atoms with van der Waals surface area (Å²) in [5, 5.41) is 0.605. The van der Waals surface area contributed by atoms with Crippen LogP contribution in [0.1, 0.15) is 37.3 Å². The van der Waals surface area contributed by atoms with Crippen molar-refractivity contribution in [2.45, 2.75) is 50.5 Å². The van der Waals surface area contributed by atoms with Crippen LogP contribution < -0.4 is 9.46 Å². The molecule has 1 aliphatic rings. The monoisotopic (exact) mass is 478 g/mol. The van der Waals surface area contributed by atoms with Crippen LogP contribution in [0.3, 0.4) is 0 Å². The molecule has 0 aromatic heterocycles. The van der Waals surface area contributed by atoms with Gasteiger partial charge in [-0.25, -0.2) is 8.42 Å². The van der Waals surface area contributed by atoms with Crippen LogP contribution in [0.25, 0.3) is 0 Å². The van der Waals surface area contributed by atoms with Gasteiger partial charge in [0.25, 0.3) is 0 Å². The Bertz CT molecular complexity index is 1050. The number of nitrogens with zero attached hydrogens (tertiary/aromatic N) is 1. The molecular weight excluding hydrogens is 448 g/mol. The smallest absolute Gasteiger partial charge is 0.244 e. The quantitative estimate of drug-likeness (QED) is 0.617. The number of amides is 1. The summed E-state index contributed by atoms with van der Waals surface area (Å²) in [6.45, 7) is 5.26. The summed E-state index contributed by atoms with van der Waals surface area (Å²) in [7, 11) is -2.56. The van der Waals surface area contributed by atoms with Crippen LogP contribution in [0.2, 0.25) is 5.02 Å². The SMILES string of the molecule is COc1ccc(C)cc1S(=O)(=O)NC(CCc1ccccc1Cl)C(=O)N1CCC(C)CC1. The maximum Gasteiger partial charge on any atom is 0.244 e. The first-order chi connectivity index (χ1) is 15.2. The minimum absolute atomic E-state index is 0.0304. The van der Waals surface area contributed by atoms with E-state index in [-0.39, 0.29) is 16.6 Å². The second-order valence-corrected chi connectivity index (χ2v) is 10.6. The van der Waals surface area contributed by atoms with E-state index in [4.69, 9.17) is 16.3 Å². The van der Waals surface area contributed by atoms with E-state index in [2.05, 4.69) is 11.6 Å². The van der Waals surface area contributed by atoms with E-state index < -0.39 is 16.1 Å². The second kappa shape index (κ2) is 10.7. The maximum absolute atomic E-state index is 13.4. The highest BCUT2D eigenvalue weighted by atomic mass is 35.5. The number of hydrogen-bond donors (Lipinski definition) is 1. The normalized spacial score (nSPS) is 16.1. The molecule has 0 aliphatic carbocycles. The Morgan fingerprint density at radius 2 is 1.91 bits per heavy atom. The number of sulfonamides is 1. The molecule has 1 atom stereocenters. The number of methoxy groups -OCH3 is 1. The topological polar surface area (TPSA) is 75.7 Å². The highest BCUT2D eigenvalue weighted by molar-refractivity contribution is 7.89. The molecule has 1 saturated heterocycles. The van der Waals surface area contributed by atoms with Crippen LogP contribution in [0.15, 0.2) is 47.4 Å². The Morgan fingerprint density at radius 1 is 1.22 bits per heavy atom. The summed E-state index contributed by atoms with van der Waals surface area (Å²) < 4.78 is 34.5. The number of rotatable bonds is 8. The van der Waals surface area contributed by atoms with Gasteiger partial charge in [-0.15, -0.1) is 0 Å². The minimum Gasteiger partial charge on any atom is -0.495 e. The van der Waals surface area contributed by atoms with Gasteiger partial charge in [-0.1, -0.05) is 42.8 Å². The molecule has 2 aromatic rings. The van der Waals surface area contributed by atoms with E-state index in [1.54, 1.807) is 29.2 Å². The van der Waals surface area contributed by atoms with E-state index in [0.29, 0.717) is 36.9 Å². The van der Waals surface area contributed by atoms with Crippen molar-refractivity contribution >= 4 is 27.5 Å². The zero-order chi connectivity index (χ0) is 23.3. The van der Waals surface area contributed by atoms with Crippen molar-refractivity contribution in [1.29, 1.82) is 0 Å². The van der Waals surface area contributed by atoms with Gasteiger partial charge in [0.15, 0.2) is 0 Å². The van der Waals surface area contributed by atoms with Crippen molar-refractivity contribution in [3.8, 4) is 5.75 Å². The van der Waals surface area contributed by atoms with Gasteiger partial charge in [-0.3, -0.25) is 4.79 Å². The summed E-state index contributed by atoms with van der Waals surface area (Å²) in [6.07, 6.45) is 2.62. The Balaban J connectivity index is 1.86. The van der Waals surface area contributed by atoms with Gasteiger partial charge in [0, 0.05) is 18.1 Å². The predicted octanol–water partition coefficient (Wildman–Crippen LogP) is 4.20. The third-order valence-corrected chi connectivity index (χ3v) is 7.82. The fourth-order valence-electron chi connectivity index (χ4n) is 3.93. The van der Waals surface area contributed by atoms with Crippen molar-refractivity contribution in [3.05, 3.63) is 58.6 Å². The lowest BCUT2D eigenvalue weighted by Crippen LogP contribution is -2.50. The lowest BCUT2D eigenvalue weighted by molar-refractivity contribution is -0.134. The van der Waals surface area contributed by atoms with E-state index in [1.807, 2.05) is 25.1 Å². The first kappa shape index (κ1) is 24.6. The van der Waals surface area contributed by atoms with Gasteiger partial charge < -0.3 is 9.64 Å². The molecular formula is C24H31ClN2O4S. The summed E-state index contributed by atoms with van der Waals surface area (Å²) in [4.78, 5) is 15.2. The number of piperidine rings is 1. The fraction of sp³-hybridized carbons (Fsp3) is 0.458. The average molecular weight is 479 g/mol. The molecule has 32 heavy (non-hydrogen) atoms. The Kier molecular flexibility index (Phi) is 8.20. The molecule has 0 spiro atoms. The summed E-state index contributed by atoms with van der Waals surface area (Å²) in [6, 6.07) is 11.5. The average Bonchev–Trinajstić information content (AvgIpc) is 2.77. The first-order valence-corrected chi connectivity index (χ1v) is 12.8. The number of ether oxygens (including phenoxy) is 1. The molecule has 174 valence electrons. The van der Waals surface area contributed by atoms with Crippen LogP contribution in [0, 0.1) is 12.8 Å². The van der Waals surface area contributed by atoms with Gasteiger partial charge >= 0.3 is 0 Å². The molecule has 1 aliphatic heterocycles. The number of halogens is 1. The highest BCUT2D eigenvalue weighted by Gasteiger charge is 2.32. The predicted molar refractivity (Wildman–Crippen MR) is 127 cm³/mol. The number of carbonyl (C=O) groups excluding carboxylic acids is 1. The largest absolute Gasteiger partial charge is 0.495 e. The van der Waals surface area contributed by atoms with Crippen molar-refractivity contribution < 1.29 is 17.9 Å². The van der Waals surface area contributed by atoms with Crippen LogP contribution >= 0.6 is 11.6 Å². The molecule has 0 bridgehead atoms. The number of benzene rings is 2. The standard InChI is InChI=1S/C24H31ClN2O4S/c1-17-12-14-27(15-13-17)24(28)21(10-9-19-6-4-5-7-20(19)25)26-32(29,30)23-16-18(2)8-11-22(23)31-3/h4-8,11,16-17,21,26H,9-10,12-15H2,1-3H3. The number of likely N-dealkylation sites (tertiary alicyclic amines) is 1. The van der Waals surface area contributed by atoms with Crippen LogP contribution in [-0.4, -0.2) is 45.5 Å². The van der Waals surface area contributed by atoms with Crippen LogP contribution in [0.5, 0.6) is 5.75 Å². The van der Waals surface area contributed by atoms with E-state index >= 15 is 0 Å². The molecule has 1 amide bonds. The molecule has 1 unspecified atom stereocenters. The molecule has 2 aromatic carbocycles. The molecule has 0 radical (unpaired) electrons. The first-order valence-electron chi connectivity index (χ1n) is 10.9. The summed E-state index contributed by atoms with van der Waals surface area (Å²) in [5.41, 5.74) is 1.67. The molecule has 1 fully saturated rings. The van der Waals surface area contributed by atoms with Crippen molar-refractivity contribution in [1.82, 2.24) is 9.62 Å². The molecule has 1 N–H and O–H groups in total. The van der Waals surface area contributed by atoms with E-state index in [0.717, 1.165) is 24.0 Å². The number of nitrogens with one attached hydrogen (secondary N) is 1. The summed E-state index contributed by atoms with van der Waals surface area (Å²) in [5.74, 6) is 0.611. The lowest BCUT2D eigenvalue weighted by Gasteiger charge is -2.33. The van der Waals surface area contributed by atoms with Gasteiger partial charge in [0.05, 0.1) is 7.11 Å². The van der Waals surface area contributed by atoms with E-state index in [1.165, 1.54) is 7.11 Å². The molecule has 1 heterocycles. The molecule has 3 rings (SSSR count). The maximum atomic E-state index is 13.4. The van der Waals surface area contributed by atoms with Gasteiger partial charge in [-0.05, 0) is 67.9 Å². The number of carbonyl (C=O) groups is 1. The second-order valence-electron chi connectivity index (χ2n) is 8.47. The molecule has 6 nitrogen and oxygen atoms in total. The Morgan fingerprint density at radius 3 is 2.56 bits per heavy atom. The number of aryl methyl sites for hydroxylation is 2. The van der Waals surface area contributed by atoms with Crippen molar-refractivity contribution in [2.75, 3.05) is 20.2 Å². The summed E-state index contributed by atoms with van der Waals surface area (Å²) >= 11 is 6.29. The minimum atomic E-state index is -3.99. The van der Waals surface area contributed by atoms with Gasteiger partial charge in [0.2, 0.25) is 15.9 Å². The van der Waals surface area contributed by atoms with Crippen LogP contribution in [0.4, 0.5) is 0 Å². The highest BCUT2D eigenvalue weighted by Crippen LogP contribution is 2.26. The number of hydrogen-bond acceptors (Lipinski definition) is 4. The Labute approximate surface area is 196 Å². The van der Waals surface area contributed by atoms with Crippen LogP contribution in [-0.2, 0) is 21.2 Å². The zero-order valence-electron chi connectivity index (χ0n) is 18.8. The molecule has 8 heteroatoms. The van der Waals surface area contributed by atoms with Gasteiger partial charge in [0.1, 0.15) is 16.7 Å².